The van der Waals surface area contributed by atoms with E-state index in [1.165, 1.54) is 0 Å². The molecule has 3 aromatic carbocycles. The summed E-state index contributed by atoms with van der Waals surface area (Å²) in [5.74, 6) is 0.501. The lowest BCUT2D eigenvalue weighted by Gasteiger charge is -2.10. The van der Waals surface area contributed by atoms with Crippen LogP contribution in [0.25, 0.3) is 0 Å². The molecule has 0 heterocycles. The van der Waals surface area contributed by atoms with Crippen LogP contribution < -0.4 is 25.4 Å². The number of hydrogen-bond donors (Lipinski definition) is 3. The van der Waals surface area contributed by atoms with Gasteiger partial charge in [-0.2, -0.15) is 0 Å². The predicted molar refractivity (Wildman–Crippen MR) is 129 cm³/mol. The van der Waals surface area contributed by atoms with Crippen molar-refractivity contribution >= 4 is 23.4 Å². The molecule has 3 amide bonds. The Morgan fingerprint density at radius 2 is 1.29 bits per heavy atom. The van der Waals surface area contributed by atoms with E-state index >= 15 is 0 Å². The minimum atomic E-state index is -0.267. The molecule has 8 nitrogen and oxygen atoms in total. The fourth-order valence-electron chi connectivity index (χ4n) is 3.23. The first-order valence-corrected chi connectivity index (χ1v) is 10.7. The van der Waals surface area contributed by atoms with E-state index in [1.807, 2.05) is 6.07 Å². The minimum absolute atomic E-state index is 0.164. The highest BCUT2D eigenvalue weighted by molar-refractivity contribution is 5.96. The summed E-state index contributed by atoms with van der Waals surface area (Å²) < 4.78 is 10.5. The maximum Gasteiger partial charge on any atom is 0.251 e. The van der Waals surface area contributed by atoms with Gasteiger partial charge in [0.25, 0.3) is 11.8 Å². The number of benzene rings is 3. The van der Waals surface area contributed by atoms with Crippen LogP contribution in [0.5, 0.6) is 11.5 Å². The van der Waals surface area contributed by atoms with Gasteiger partial charge in [0.15, 0.2) is 11.5 Å². The van der Waals surface area contributed by atoms with Crippen molar-refractivity contribution in [3.05, 3.63) is 89.5 Å². The van der Waals surface area contributed by atoms with Crippen molar-refractivity contribution in [3.8, 4) is 11.5 Å². The van der Waals surface area contributed by atoms with E-state index < -0.39 is 0 Å². The van der Waals surface area contributed by atoms with Crippen molar-refractivity contribution in [1.29, 1.82) is 0 Å². The Kier molecular flexibility index (Phi) is 8.62. The Balaban J connectivity index is 1.44. The molecule has 0 aliphatic heterocycles. The smallest absolute Gasteiger partial charge is 0.251 e. The summed E-state index contributed by atoms with van der Waals surface area (Å²) in [4.78, 5) is 36.7. The molecule has 176 valence electrons. The topological polar surface area (TPSA) is 106 Å². The molecular formula is C26H27N3O5. The summed E-state index contributed by atoms with van der Waals surface area (Å²) in [6.45, 7) is 0.602. The van der Waals surface area contributed by atoms with Crippen LogP contribution in [0, 0.1) is 0 Å². The van der Waals surface area contributed by atoms with E-state index in [1.54, 1.807) is 80.9 Å². The molecule has 8 heteroatoms. The van der Waals surface area contributed by atoms with Crippen molar-refractivity contribution < 1.29 is 23.9 Å². The molecule has 0 bridgehead atoms. The number of ether oxygens (including phenoxy) is 2. The van der Waals surface area contributed by atoms with E-state index in [2.05, 4.69) is 16.0 Å². The maximum absolute atomic E-state index is 12.4. The van der Waals surface area contributed by atoms with Crippen molar-refractivity contribution in [3.63, 3.8) is 0 Å². The van der Waals surface area contributed by atoms with Crippen LogP contribution in [0.15, 0.2) is 72.8 Å². The van der Waals surface area contributed by atoms with Gasteiger partial charge in [-0.05, 0) is 54.1 Å². The molecule has 0 aliphatic carbocycles. The van der Waals surface area contributed by atoms with Crippen LogP contribution in [0.2, 0.25) is 0 Å². The molecular weight excluding hydrogens is 434 g/mol. The molecule has 0 unspecified atom stereocenters. The van der Waals surface area contributed by atoms with Crippen molar-refractivity contribution in [2.75, 3.05) is 32.6 Å². The molecule has 0 atom stereocenters. The molecule has 0 radical (unpaired) electrons. The third-order valence-corrected chi connectivity index (χ3v) is 4.98. The van der Waals surface area contributed by atoms with Gasteiger partial charge < -0.3 is 25.4 Å². The van der Waals surface area contributed by atoms with Gasteiger partial charge in [-0.1, -0.05) is 24.3 Å². The first-order chi connectivity index (χ1) is 16.5. The second kappa shape index (κ2) is 12.1. The number of hydrogen-bond acceptors (Lipinski definition) is 5. The molecule has 3 N–H and O–H groups in total. The number of anilines is 1. The molecule has 0 aliphatic rings. The van der Waals surface area contributed by atoms with Crippen LogP contribution in [0.4, 0.5) is 5.69 Å². The molecule has 3 aromatic rings. The second-order valence-electron chi connectivity index (χ2n) is 7.37. The van der Waals surface area contributed by atoms with Gasteiger partial charge in [-0.15, -0.1) is 0 Å². The molecule has 0 aromatic heterocycles. The number of nitrogens with one attached hydrogen (secondary N) is 3. The van der Waals surface area contributed by atoms with E-state index in [-0.39, 0.29) is 24.1 Å². The van der Waals surface area contributed by atoms with Crippen molar-refractivity contribution in [1.82, 2.24) is 10.6 Å². The average Bonchev–Trinajstić information content (AvgIpc) is 2.87. The van der Waals surface area contributed by atoms with Crippen LogP contribution in [-0.2, 0) is 11.2 Å². The summed E-state index contributed by atoms with van der Waals surface area (Å²) in [6.07, 6.45) is 0.164. The largest absolute Gasteiger partial charge is 0.493 e. The Morgan fingerprint density at radius 1 is 0.706 bits per heavy atom. The van der Waals surface area contributed by atoms with Gasteiger partial charge in [0.1, 0.15) is 0 Å². The van der Waals surface area contributed by atoms with Crippen LogP contribution in [0.1, 0.15) is 26.3 Å². The Labute approximate surface area is 198 Å². The SMILES string of the molecule is COc1ccc(CC(=O)Nc2ccc(C(=O)NCCNC(=O)c3ccccc3)cc2)cc1OC. The fourth-order valence-corrected chi connectivity index (χ4v) is 3.23. The molecule has 34 heavy (non-hydrogen) atoms. The highest BCUT2D eigenvalue weighted by Crippen LogP contribution is 2.27. The first-order valence-electron chi connectivity index (χ1n) is 10.7. The fraction of sp³-hybridized carbons (Fsp3) is 0.192. The van der Waals surface area contributed by atoms with E-state index in [9.17, 15) is 14.4 Å². The number of carbonyl (C=O) groups is 3. The summed E-state index contributed by atoms with van der Waals surface area (Å²) in [7, 11) is 3.10. The molecule has 0 spiro atoms. The van der Waals surface area contributed by atoms with Gasteiger partial charge >= 0.3 is 0 Å². The highest BCUT2D eigenvalue weighted by atomic mass is 16.5. The summed E-state index contributed by atoms with van der Waals surface area (Å²) >= 11 is 0. The quantitative estimate of drug-likeness (QED) is 0.403. The van der Waals surface area contributed by atoms with Gasteiger partial charge in [0.05, 0.1) is 20.6 Å². The standard InChI is InChI=1S/C26H27N3O5/c1-33-22-13-8-18(16-23(22)34-2)17-24(30)29-21-11-9-20(10-12-21)26(32)28-15-14-27-25(31)19-6-4-3-5-7-19/h3-13,16H,14-15,17H2,1-2H3,(H,27,31)(H,28,32)(H,29,30). The number of amides is 3. The maximum atomic E-state index is 12.4. The zero-order valence-electron chi connectivity index (χ0n) is 19.1. The van der Waals surface area contributed by atoms with Crippen LogP contribution in [0.3, 0.4) is 0 Å². The van der Waals surface area contributed by atoms with Gasteiger partial charge in [-0.3, -0.25) is 14.4 Å². The molecule has 0 fully saturated rings. The monoisotopic (exact) mass is 461 g/mol. The van der Waals surface area contributed by atoms with E-state index in [4.69, 9.17) is 9.47 Å². The third kappa shape index (κ3) is 6.83. The van der Waals surface area contributed by atoms with Crippen LogP contribution >= 0.6 is 0 Å². The second-order valence-corrected chi connectivity index (χ2v) is 7.37. The zero-order chi connectivity index (χ0) is 24.3. The Bertz CT molecular complexity index is 1130. The molecule has 3 rings (SSSR count). The van der Waals surface area contributed by atoms with E-state index in [0.29, 0.717) is 41.4 Å². The number of rotatable bonds is 10. The molecule has 0 saturated carbocycles. The normalized spacial score (nSPS) is 10.2. The number of methoxy groups -OCH3 is 2. The first kappa shape index (κ1) is 24.3. The number of carbonyl (C=O) groups excluding carboxylic acids is 3. The molecule has 0 saturated heterocycles. The summed E-state index contributed by atoms with van der Waals surface area (Å²) in [5, 5.41) is 8.32. The van der Waals surface area contributed by atoms with Gasteiger partial charge in [-0.25, -0.2) is 0 Å². The average molecular weight is 462 g/mol. The van der Waals surface area contributed by atoms with Crippen molar-refractivity contribution in [2.24, 2.45) is 0 Å². The van der Waals surface area contributed by atoms with Gasteiger partial charge in [0.2, 0.25) is 5.91 Å². The Hall–Kier alpha value is -4.33. The van der Waals surface area contributed by atoms with E-state index in [0.717, 1.165) is 5.56 Å². The Morgan fingerprint density at radius 3 is 1.88 bits per heavy atom. The summed E-state index contributed by atoms with van der Waals surface area (Å²) in [5.41, 5.74) is 2.38. The predicted octanol–water partition coefficient (Wildman–Crippen LogP) is 3.04. The summed E-state index contributed by atoms with van der Waals surface area (Å²) in [6, 6.07) is 20.8. The van der Waals surface area contributed by atoms with Crippen LogP contribution in [-0.4, -0.2) is 45.0 Å². The van der Waals surface area contributed by atoms with Crippen molar-refractivity contribution in [2.45, 2.75) is 6.42 Å². The lowest BCUT2D eigenvalue weighted by Crippen LogP contribution is -2.34. The minimum Gasteiger partial charge on any atom is -0.493 e. The zero-order valence-corrected chi connectivity index (χ0v) is 19.1. The lowest BCUT2D eigenvalue weighted by molar-refractivity contribution is -0.115. The third-order valence-electron chi connectivity index (χ3n) is 4.98. The van der Waals surface area contributed by atoms with Gasteiger partial charge in [0, 0.05) is 29.9 Å². The lowest BCUT2D eigenvalue weighted by atomic mass is 10.1. The highest BCUT2D eigenvalue weighted by Gasteiger charge is 2.10.